The predicted octanol–water partition coefficient (Wildman–Crippen LogP) is 2.48. The number of benzene rings is 1. The number of rotatable bonds is 6. The summed E-state index contributed by atoms with van der Waals surface area (Å²) in [6, 6.07) is 9.32. The van der Waals surface area contributed by atoms with Gasteiger partial charge in [-0.2, -0.15) is 0 Å². The van der Waals surface area contributed by atoms with Gasteiger partial charge in [0.05, 0.1) is 28.1 Å². The second-order valence-electron chi connectivity index (χ2n) is 7.15. The van der Waals surface area contributed by atoms with Crippen molar-refractivity contribution in [3.8, 4) is 5.75 Å². The quantitative estimate of drug-likeness (QED) is 0.316. The smallest absolute Gasteiger partial charge is 0.338 e. The third-order valence-electron chi connectivity index (χ3n) is 4.85. The van der Waals surface area contributed by atoms with Gasteiger partial charge in [0, 0.05) is 13.0 Å². The highest BCUT2D eigenvalue weighted by Gasteiger charge is 2.33. The Morgan fingerprint density at radius 2 is 2.03 bits per heavy atom. The van der Waals surface area contributed by atoms with E-state index in [4.69, 9.17) is 13.9 Å². The fourth-order valence-electron chi connectivity index (χ4n) is 3.50. The van der Waals surface area contributed by atoms with E-state index in [0.29, 0.717) is 32.1 Å². The molecule has 0 saturated carbocycles. The van der Waals surface area contributed by atoms with Crippen LogP contribution in [0.4, 0.5) is 0 Å². The third kappa shape index (κ3) is 4.49. The van der Waals surface area contributed by atoms with Gasteiger partial charge in [-0.1, -0.05) is 36.1 Å². The maximum absolute atomic E-state index is 13.4. The first-order chi connectivity index (χ1) is 15.9. The maximum atomic E-state index is 13.4. The summed E-state index contributed by atoms with van der Waals surface area (Å²) in [4.78, 5) is 42.6. The van der Waals surface area contributed by atoms with Gasteiger partial charge in [0.15, 0.2) is 4.80 Å². The van der Waals surface area contributed by atoms with Gasteiger partial charge in [-0.15, -0.1) is 0 Å². The molecule has 8 nitrogen and oxygen atoms in total. The minimum Gasteiger partial charge on any atom is -0.465 e. The molecule has 33 heavy (non-hydrogen) atoms. The summed E-state index contributed by atoms with van der Waals surface area (Å²) in [5, 5.41) is 0. The number of ether oxygens (including phenoxy) is 2. The van der Waals surface area contributed by atoms with Crippen molar-refractivity contribution in [2.75, 3.05) is 6.61 Å². The molecule has 0 N–H and O–H groups in total. The van der Waals surface area contributed by atoms with Crippen molar-refractivity contribution in [1.82, 2.24) is 4.57 Å². The molecule has 2 aromatic heterocycles. The van der Waals surface area contributed by atoms with Crippen molar-refractivity contribution in [2.45, 2.75) is 19.9 Å². The molecule has 1 aromatic carbocycles. The number of nitrogens with zero attached hydrogens (tertiary/aromatic N) is 2. The number of carbonyl (C=O) groups excluding carboxylic acids is 2. The van der Waals surface area contributed by atoms with Gasteiger partial charge in [-0.25, -0.2) is 9.79 Å². The lowest BCUT2D eigenvalue weighted by Gasteiger charge is -2.24. The summed E-state index contributed by atoms with van der Waals surface area (Å²) in [5.74, 6) is -0.152. The van der Waals surface area contributed by atoms with Crippen LogP contribution >= 0.6 is 11.3 Å². The van der Waals surface area contributed by atoms with Gasteiger partial charge >= 0.3 is 11.9 Å². The minimum absolute atomic E-state index is 0.0244. The average Bonchev–Trinajstić information content (AvgIpc) is 3.39. The Labute approximate surface area is 192 Å². The molecule has 0 spiro atoms. The summed E-state index contributed by atoms with van der Waals surface area (Å²) in [5.41, 5.74) is 1.01. The molecule has 3 heterocycles. The molecular weight excluding hydrogens is 444 g/mol. The molecule has 4 rings (SSSR count). The maximum Gasteiger partial charge on any atom is 0.338 e. The zero-order valence-corrected chi connectivity index (χ0v) is 18.8. The first-order valence-electron chi connectivity index (χ1n) is 10.0. The van der Waals surface area contributed by atoms with Crippen molar-refractivity contribution in [2.24, 2.45) is 4.99 Å². The van der Waals surface area contributed by atoms with E-state index >= 15 is 0 Å². The number of carbonyl (C=O) groups is 2. The first kappa shape index (κ1) is 22.2. The van der Waals surface area contributed by atoms with E-state index in [2.05, 4.69) is 11.6 Å². The Morgan fingerprint density at radius 1 is 1.27 bits per heavy atom. The SMILES string of the molecule is C=CCOC(=O)C1=C(C)N=c2s/c(=C\c3ccco3)c(=O)n2C1c1ccc(OC(C)=O)cc1. The summed E-state index contributed by atoms with van der Waals surface area (Å²) < 4.78 is 17.6. The molecule has 9 heteroatoms. The molecule has 1 aliphatic rings. The van der Waals surface area contributed by atoms with E-state index in [1.807, 2.05) is 0 Å². The lowest BCUT2D eigenvalue weighted by atomic mass is 9.96. The van der Waals surface area contributed by atoms with Crippen LogP contribution in [0.3, 0.4) is 0 Å². The molecule has 1 unspecified atom stereocenters. The molecule has 0 bridgehead atoms. The lowest BCUT2D eigenvalue weighted by Crippen LogP contribution is -2.39. The van der Waals surface area contributed by atoms with Crippen molar-refractivity contribution in [1.29, 1.82) is 0 Å². The molecule has 0 fully saturated rings. The number of furan rings is 1. The van der Waals surface area contributed by atoms with E-state index in [0.717, 1.165) is 0 Å². The van der Waals surface area contributed by atoms with Crippen LogP contribution in [-0.2, 0) is 14.3 Å². The highest BCUT2D eigenvalue weighted by atomic mass is 32.1. The van der Waals surface area contributed by atoms with Crippen molar-refractivity contribution >= 4 is 29.4 Å². The van der Waals surface area contributed by atoms with Gasteiger partial charge in [0.2, 0.25) is 0 Å². The molecule has 0 amide bonds. The number of esters is 2. The van der Waals surface area contributed by atoms with E-state index in [-0.39, 0.29) is 17.7 Å². The molecule has 0 saturated heterocycles. The standard InChI is InChI=1S/C24H20N2O6S/c1-4-11-31-23(29)20-14(2)25-24-26(22(28)19(33-24)13-18-6-5-12-30-18)21(20)16-7-9-17(10-8-16)32-15(3)27/h4-10,12-13,21H,1,11H2,2-3H3/b19-13-. The van der Waals surface area contributed by atoms with Crippen LogP contribution in [0.2, 0.25) is 0 Å². The van der Waals surface area contributed by atoms with E-state index < -0.39 is 18.0 Å². The van der Waals surface area contributed by atoms with Gasteiger partial charge in [-0.3, -0.25) is 14.2 Å². The summed E-state index contributed by atoms with van der Waals surface area (Å²) in [7, 11) is 0. The minimum atomic E-state index is -0.774. The Balaban J connectivity index is 1.89. The molecular formula is C24H20N2O6S. The van der Waals surface area contributed by atoms with Gasteiger partial charge in [-0.05, 0) is 36.8 Å². The third-order valence-corrected chi connectivity index (χ3v) is 5.83. The second-order valence-corrected chi connectivity index (χ2v) is 8.16. The number of hydrogen-bond donors (Lipinski definition) is 0. The number of thiazole rings is 1. The predicted molar refractivity (Wildman–Crippen MR) is 121 cm³/mol. The van der Waals surface area contributed by atoms with Crippen LogP contribution in [0.15, 0.2) is 80.8 Å². The molecule has 168 valence electrons. The van der Waals surface area contributed by atoms with Crippen LogP contribution < -0.4 is 19.6 Å². The fraction of sp³-hybridized carbons (Fsp3) is 0.167. The van der Waals surface area contributed by atoms with Crippen molar-refractivity contribution in [3.05, 3.63) is 97.6 Å². The monoisotopic (exact) mass is 464 g/mol. The molecule has 1 atom stereocenters. The van der Waals surface area contributed by atoms with E-state index in [1.54, 1.807) is 49.4 Å². The molecule has 1 aliphatic heterocycles. The highest BCUT2D eigenvalue weighted by molar-refractivity contribution is 7.07. The Bertz CT molecular complexity index is 1430. The van der Waals surface area contributed by atoms with Crippen LogP contribution in [0.5, 0.6) is 5.75 Å². The fourth-order valence-corrected chi connectivity index (χ4v) is 4.52. The number of fused-ring (bicyclic) bond motifs is 1. The molecule has 3 aromatic rings. The average molecular weight is 464 g/mol. The van der Waals surface area contributed by atoms with Crippen LogP contribution in [-0.4, -0.2) is 23.1 Å². The molecule has 0 aliphatic carbocycles. The zero-order chi connectivity index (χ0) is 23.5. The number of allylic oxidation sites excluding steroid dienone is 1. The Morgan fingerprint density at radius 3 is 2.67 bits per heavy atom. The van der Waals surface area contributed by atoms with Gasteiger partial charge in [0.1, 0.15) is 18.1 Å². The van der Waals surface area contributed by atoms with Crippen molar-refractivity contribution < 1.29 is 23.5 Å². The van der Waals surface area contributed by atoms with Crippen LogP contribution in [0.25, 0.3) is 6.08 Å². The number of hydrogen-bond acceptors (Lipinski definition) is 8. The highest BCUT2D eigenvalue weighted by Crippen LogP contribution is 2.31. The van der Waals surface area contributed by atoms with Crippen LogP contribution in [0.1, 0.15) is 31.2 Å². The lowest BCUT2D eigenvalue weighted by molar-refractivity contribution is -0.138. The normalized spacial score (nSPS) is 15.6. The zero-order valence-electron chi connectivity index (χ0n) is 17.9. The van der Waals surface area contributed by atoms with Gasteiger partial charge < -0.3 is 13.9 Å². The number of aromatic nitrogens is 1. The first-order valence-corrected chi connectivity index (χ1v) is 10.8. The van der Waals surface area contributed by atoms with Gasteiger partial charge in [0.25, 0.3) is 5.56 Å². The largest absolute Gasteiger partial charge is 0.465 e. The summed E-state index contributed by atoms with van der Waals surface area (Å²) in [6.07, 6.45) is 4.63. The summed E-state index contributed by atoms with van der Waals surface area (Å²) >= 11 is 1.20. The Hall–Kier alpha value is -3.98. The van der Waals surface area contributed by atoms with Crippen molar-refractivity contribution in [3.63, 3.8) is 0 Å². The Kier molecular flexibility index (Phi) is 6.23. The van der Waals surface area contributed by atoms with Crippen LogP contribution in [0, 0.1) is 0 Å². The van der Waals surface area contributed by atoms with E-state index in [9.17, 15) is 14.4 Å². The van der Waals surface area contributed by atoms with E-state index in [1.165, 1.54) is 35.2 Å². The second kappa shape index (κ2) is 9.25. The topological polar surface area (TPSA) is 100 Å². The summed E-state index contributed by atoms with van der Waals surface area (Å²) in [6.45, 7) is 6.61. The molecule has 0 radical (unpaired) electrons.